The van der Waals surface area contributed by atoms with E-state index in [0.29, 0.717) is 25.3 Å². The summed E-state index contributed by atoms with van der Waals surface area (Å²) in [5.74, 6) is -0.384. The highest BCUT2D eigenvalue weighted by Gasteiger charge is 2.32. The number of benzene rings is 2. The highest BCUT2D eigenvalue weighted by atomic mass is 32.2. The van der Waals surface area contributed by atoms with Crippen molar-refractivity contribution in [2.45, 2.75) is 46.7 Å². The van der Waals surface area contributed by atoms with Crippen molar-refractivity contribution >= 4 is 27.5 Å². The van der Waals surface area contributed by atoms with Crippen LogP contribution in [0, 0.1) is 6.92 Å². The Morgan fingerprint density at radius 1 is 1.03 bits per heavy atom. The number of carbonyl (C=O) groups excluding carboxylic acids is 2. The molecule has 186 valence electrons. The monoisotopic (exact) mass is 489 g/mol. The van der Waals surface area contributed by atoms with E-state index in [0.717, 1.165) is 21.7 Å². The number of ether oxygens (including phenoxy) is 1. The highest BCUT2D eigenvalue weighted by Crippen LogP contribution is 2.30. The Bertz CT molecular complexity index is 1070. The van der Waals surface area contributed by atoms with Gasteiger partial charge in [0.25, 0.3) is 0 Å². The van der Waals surface area contributed by atoms with E-state index in [1.54, 1.807) is 31.2 Å². The molecule has 0 saturated carbocycles. The molecule has 34 heavy (non-hydrogen) atoms. The van der Waals surface area contributed by atoms with Crippen LogP contribution >= 0.6 is 0 Å². The minimum Gasteiger partial charge on any atom is -0.492 e. The van der Waals surface area contributed by atoms with Crippen LogP contribution in [-0.4, -0.2) is 57.1 Å². The second kappa shape index (κ2) is 12.4. The number of sulfonamides is 1. The molecule has 0 aliphatic heterocycles. The molecule has 2 aromatic carbocycles. The molecular weight excluding hydrogens is 454 g/mol. The van der Waals surface area contributed by atoms with Crippen LogP contribution in [0.15, 0.2) is 48.5 Å². The van der Waals surface area contributed by atoms with Gasteiger partial charge in [0, 0.05) is 13.1 Å². The van der Waals surface area contributed by atoms with Gasteiger partial charge in [-0.2, -0.15) is 0 Å². The minimum absolute atomic E-state index is 0.180. The topological polar surface area (TPSA) is 96.0 Å². The molecule has 8 nitrogen and oxygen atoms in total. The average molecular weight is 490 g/mol. The fraction of sp³-hybridized carbons (Fsp3) is 0.440. The molecule has 0 aromatic heterocycles. The van der Waals surface area contributed by atoms with Gasteiger partial charge in [0.1, 0.15) is 18.3 Å². The molecule has 2 rings (SSSR count). The van der Waals surface area contributed by atoms with E-state index in [2.05, 4.69) is 5.32 Å². The lowest BCUT2D eigenvalue weighted by Gasteiger charge is -2.33. The van der Waals surface area contributed by atoms with Gasteiger partial charge in [-0.25, -0.2) is 8.42 Å². The van der Waals surface area contributed by atoms with E-state index >= 15 is 0 Å². The molecule has 9 heteroatoms. The van der Waals surface area contributed by atoms with Crippen molar-refractivity contribution in [2.24, 2.45) is 0 Å². The van der Waals surface area contributed by atoms with Crippen LogP contribution in [0.2, 0.25) is 0 Å². The van der Waals surface area contributed by atoms with Gasteiger partial charge in [-0.15, -0.1) is 0 Å². The van der Waals surface area contributed by atoms with Gasteiger partial charge in [-0.05, 0) is 44.9 Å². The lowest BCUT2D eigenvalue weighted by molar-refractivity contribution is -0.140. The van der Waals surface area contributed by atoms with Crippen LogP contribution in [0.5, 0.6) is 5.75 Å². The number of nitrogens with one attached hydrogen (secondary N) is 1. The smallest absolute Gasteiger partial charge is 0.244 e. The van der Waals surface area contributed by atoms with E-state index in [-0.39, 0.29) is 18.1 Å². The summed E-state index contributed by atoms with van der Waals surface area (Å²) in [6.45, 7) is 7.91. The molecule has 2 amide bonds. The van der Waals surface area contributed by atoms with Crippen LogP contribution in [0.3, 0.4) is 0 Å². The van der Waals surface area contributed by atoms with Gasteiger partial charge in [-0.1, -0.05) is 48.9 Å². The standard InChI is InChI=1S/C25H35N3O5S/c1-6-21(25(30)26-7-2)27(17-20-15-13-19(4)14-16-20)24(29)18-28(34(5,31)32)22-11-9-10-12-23(22)33-8-3/h9-16,21H,6-8,17-18H2,1-5H3,(H,26,30)/t21-/m1/s1. The largest absolute Gasteiger partial charge is 0.492 e. The first-order chi connectivity index (χ1) is 16.1. The van der Waals surface area contributed by atoms with Crippen molar-refractivity contribution in [3.8, 4) is 5.75 Å². The maximum atomic E-state index is 13.6. The Kier molecular flexibility index (Phi) is 9.92. The third-order valence-electron chi connectivity index (χ3n) is 5.32. The predicted molar refractivity (Wildman–Crippen MR) is 134 cm³/mol. The van der Waals surface area contributed by atoms with Crippen molar-refractivity contribution in [2.75, 3.05) is 30.3 Å². The van der Waals surface area contributed by atoms with Crippen LogP contribution in [0.1, 0.15) is 38.3 Å². The fourth-order valence-electron chi connectivity index (χ4n) is 3.64. The van der Waals surface area contributed by atoms with Crippen LogP contribution < -0.4 is 14.4 Å². The van der Waals surface area contributed by atoms with Crippen molar-refractivity contribution < 1.29 is 22.7 Å². The van der Waals surface area contributed by atoms with E-state index in [9.17, 15) is 18.0 Å². The van der Waals surface area contributed by atoms with Crippen LogP contribution in [0.4, 0.5) is 5.69 Å². The first kappa shape index (κ1) is 27.2. The van der Waals surface area contributed by atoms with Gasteiger partial charge in [0.15, 0.2) is 0 Å². The van der Waals surface area contributed by atoms with Gasteiger partial charge in [-0.3, -0.25) is 13.9 Å². The number of hydrogen-bond donors (Lipinski definition) is 1. The van der Waals surface area contributed by atoms with E-state index < -0.39 is 28.5 Å². The van der Waals surface area contributed by atoms with Crippen molar-refractivity contribution in [1.82, 2.24) is 10.2 Å². The molecule has 1 atom stereocenters. The summed E-state index contributed by atoms with van der Waals surface area (Å²) in [6, 6.07) is 13.6. The summed E-state index contributed by atoms with van der Waals surface area (Å²) in [4.78, 5) is 27.9. The zero-order valence-electron chi connectivity index (χ0n) is 20.6. The maximum Gasteiger partial charge on any atom is 0.244 e. The molecule has 0 saturated heterocycles. The minimum atomic E-state index is -3.82. The van der Waals surface area contributed by atoms with E-state index in [1.165, 1.54) is 4.90 Å². The highest BCUT2D eigenvalue weighted by molar-refractivity contribution is 7.92. The molecule has 0 unspecified atom stereocenters. The SMILES string of the molecule is CCNC(=O)[C@@H](CC)N(Cc1ccc(C)cc1)C(=O)CN(c1ccccc1OCC)S(C)(=O)=O. The van der Waals surface area contributed by atoms with Gasteiger partial charge >= 0.3 is 0 Å². The summed E-state index contributed by atoms with van der Waals surface area (Å²) >= 11 is 0. The van der Waals surface area contributed by atoms with Crippen LogP contribution in [-0.2, 0) is 26.2 Å². The first-order valence-corrected chi connectivity index (χ1v) is 13.3. The first-order valence-electron chi connectivity index (χ1n) is 11.4. The molecule has 2 aromatic rings. The number of rotatable bonds is 12. The number of amides is 2. The molecule has 0 radical (unpaired) electrons. The Morgan fingerprint density at radius 3 is 2.24 bits per heavy atom. The molecular formula is C25H35N3O5S. The second-order valence-electron chi connectivity index (χ2n) is 8.00. The Hall–Kier alpha value is -3.07. The van der Waals surface area contributed by atoms with Crippen molar-refractivity contribution in [3.63, 3.8) is 0 Å². The molecule has 0 heterocycles. The lowest BCUT2D eigenvalue weighted by atomic mass is 10.1. The molecule has 0 fully saturated rings. The molecule has 0 aliphatic carbocycles. The summed E-state index contributed by atoms with van der Waals surface area (Å²) in [6.07, 6.45) is 1.44. The Morgan fingerprint density at radius 2 is 1.68 bits per heavy atom. The third-order valence-corrected chi connectivity index (χ3v) is 6.45. The van der Waals surface area contributed by atoms with E-state index in [4.69, 9.17) is 4.74 Å². The average Bonchev–Trinajstić information content (AvgIpc) is 2.78. The van der Waals surface area contributed by atoms with Crippen LogP contribution in [0.25, 0.3) is 0 Å². The van der Waals surface area contributed by atoms with Crippen molar-refractivity contribution in [1.29, 1.82) is 0 Å². The summed E-state index contributed by atoms with van der Waals surface area (Å²) in [7, 11) is -3.82. The van der Waals surface area contributed by atoms with E-state index in [1.807, 2.05) is 45.0 Å². The normalized spacial score (nSPS) is 12.0. The zero-order chi connectivity index (χ0) is 25.3. The Labute approximate surface area is 202 Å². The number of carbonyl (C=O) groups is 2. The molecule has 1 N–H and O–H groups in total. The summed E-state index contributed by atoms with van der Waals surface area (Å²) in [5, 5.41) is 2.78. The number of likely N-dealkylation sites (N-methyl/N-ethyl adjacent to an activating group) is 1. The summed E-state index contributed by atoms with van der Waals surface area (Å²) in [5.41, 5.74) is 2.21. The number of aryl methyl sites for hydroxylation is 1. The molecule has 0 spiro atoms. The lowest BCUT2D eigenvalue weighted by Crippen LogP contribution is -2.52. The number of nitrogens with zero attached hydrogens (tertiary/aromatic N) is 2. The van der Waals surface area contributed by atoms with Gasteiger partial charge in [0.2, 0.25) is 21.8 Å². The maximum absolute atomic E-state index is 13.6. The Balaban J connectivity index is 2.46. The molecule has 0 bridgehead atoms. The quantitative estimate of drug-likeness (QED) is 0.494. The van der Waals surface area contributed by atoms with Crippen molar-refractivity contribution in [3.05, 3.63) is 59.7 Å². The van der Waals surface area contributed by atoms with Gasteiger partial charge in [0.05, 0.1) is 18.6 Å². The third kappa shape index (κ3) is 7.21. The fourth-order valence-corrected chi connectivity index (χ4v) is 4.49. The van der Waals surface area contributed by atoms with Gasteiger partial charge < -0.3 is 15.0 Å². The predicted octanol–water partition coefficient (Wildman–Crippen LogP) is 3.10. The summed E-state index contributed by atoms with van der Waals surface area (Å²) < 4.78 is 32.1. The second-order valence-corrected chi connectivity index (χ2v) is 9.90. The molecule has 0 aliphatic rings. The number of anilines is 1. The number of hydrogen-bond acceptors (Lipinski definition) is 5. The zero-order valence-corrected chi connectivity index (χ0v) is 21.4. The number of para-hydroxylation sites is 2.